The Labute approximate surface area is 117 Å². The van der Waals surface area contributed by atoms with E-state index in [-0.39, 0.29) is 5.91 Å². The fourth-order valence-corrected chi connectivity index (χ4v) is 1.40. The van der Waals surface area contributed by atoms with Gasteiger partial charge in [0.2, 0.25) is 0 Å². The first-order valence-electron chi connectivity index (χ1n) is 5.54. The zero-order valence-corrected chi connectivity index (χ0v) is 11.8. The van der Waals surface area contributed by atoms with E-state index in [1.165, 1.54) is 13.3 Å². The van der Waals surface area contributed by atoms with Gasteiger partial charge in [0.1, 0.15) is 7.11 Å². The summed E-state index contributed by atoms with van der Waals surface area (Å²) >= 11 is 5.78. The number of benzene rings is 1. The van der Waals surface area contributed by atoms with Gasteiger partial charge in [0, 0.05) is 31.0 Å². The lowest BCUT2D eigenvalue weighted by molar-refractivity contribution is -0.112. The largest absolute Gasteiger partial charge is 0.399 e. The summed E-state index contributed by atoms with van der Waals surface area (Å²) in [6.45, 7) is 0. The molecule has 0 saturated heterocycles. The van der Waals surface area contributed by atoms with Crippen molar-refractivity contribution in [2.45, 2.75) is 0 Å². The van der Waals surface area contributed by atoms with Crippen molar-refractivity contribution in [3.8, 4) is 0 Å². The number of hydrogen-bond acceptors (Lipinski definition) is 4. The smallest absolute Gasteiger partial charge is 0.258 e. The highest BCUT2D eigenvalue weighted by Gasteiger charge is 2.08. The molecule has 0 radical (unpaired) electrons. The number of nitrogens with one attached hydrogen (secondary N) is 1. The maximum atomic E-state index is 12.1. The molecule has 1 aromatic carbocycles. The molecule has 1 N–H and O–H groups in total. The Bertz CT molecular complexity index is 481. The minimum atomic E-state index is -0.281. The highest BCUT2D eigenvalue weighted by Crippen LogP contribution is 2.14. The lowest BCUT2D eigenvalue weighted by Crippen LogP contribution is -2.18. The molecule has 6 heteroatoms. The molecule has 5 nitrogen and oxygen atoms in total. The van der Waals surface area contributed by atoms with Gasteiger partial charge < -0.3 is 15.1 Å². The average Bonchev–Trinajstić information content (AvgIpc) is 2.36. The van der Waals surface area contributed by atoms with Crippen LogP contribution in [0.25, 0.3) is 0 Å². The third kappa shape index (κ3) is 5.44. The molecular formula is C13H16ClN3O2. The summed E-state index contributed by atoms with van der Waals surface area (Å²) in [5.74, 6) is -0.281. The highest BCUT2D eigenvalue weighted by molar-refractivity contribution is 6.30. The molecule has 1 rings (SSSR count). The fraction of sp³-hybridized carbons (Fsp3) is 0.231. The van der Waals surface area contributed by atoms with Crippen molar-refractivity contribution in [3.63, 3.8) is 0 Å². The van der Waals surface area contributed by atoms with E-state index in [9.17, 15) is 4.79 Å². The lowest BCUT2D eigenvalue weighted by Gasteiger charge is -2.09. The zero-order chi connectivity index (χ0) is 14.3. The van der Waals surface area contributed by atoms with Crippen LogP contribution in [0.5, 0.6) is 0 Å². The third-order valence-corrected chi connectivity index (χ3v) is 2.31. The van der Waals surface area contributed by atoms with Gasteiger partial charge in [0.15, 0.2) is 0 Å². The molecule has 1 amide bonds. The molecule has 0 aromatic heterocycles. The molecule has 0 unspecified atom stereocenters. The van der Waals surface area contributed by atoms with Crippen LogP contribution >= 0.6 is 11.6 Å². The zero-order valence-electron chi connectivity index (χ0n) is 11.1. The molecule has 0 fully saturated rings. The van der Waals surface area contributed by atoms with Crippen LogP contribution in [0, 0.1) is 0 Å². The van der Waals surface area contributed by atoms with E-state index >= 15 is 0 Å². The van der Waals surface area contributed by atoms with Crippen molar-refractivity contribution in [2.75, 3.05) is 26.5 Å². The van der Waals surface area contributed by atoms with Crippen LogP contribution in [-0.2, 0) is 9.63 Å². The van der Waals surface area contributed by atoms with E-state index in [4.69, 9.17) is 11.6 Å². The number of rotatable bonds is 5. The monoisotopic (exact) mass is 281 g/mol. The predicted molar refractivity (Wildman–Crippen MR) is 77.4 cm³/mol. The Kier molecular flexibility index (Phi) is 5.89. The number of anilines is 1. The van der Waals surface area contributed by atoms with Crippen LogP contribution in [0.3, 0.4) is 0 Å². The summed E-state index contributed by atoms with van der Waals surface area (Å²) in [7, 11) is 5.05. The highest BCUT2D eigenvalue weighted by atomic mass is 35.5. The second-order valence-electron chi connectivity index (χ2n) is 3.93. The molecule has 0 saturated carbocycles. The molecule has 0 heterocycles. The van der Waals surface area contributed by atoms with Crippen molar-refractivity contribution >= 4 is 29.4 Å². The molecule has 102 valence electrons. The Hall–Kier alpha value is -2.01. The van der Waals surface area contributed by atoms with Gasteiger partial charge in [0.25, 0.3) is 5.91 Å². The Morgan fingerprint density at radius 3 is 2.53 bits per heavy atom. The summed E-state index contributed by atoms with van der Waals surface area (Å²) in [5, 5.41) is 6.96. The van der Waals surface area contributed by atoms with Crippen LogP contribution < -0.4 is 5.32 Å². The van der Waals surface area contributed by atoms with E-state index in [1.54, 1.807) is 35.4 Å². The minimum absolute atomic E-state index is 0.281. The maximum absolute atomic E-state index is 12.1. The number of carbonyl (C=O) groups excluding carboxylic acids is 1. The standard InChI is InChI=1S/C13H16ClN3O2/c1-17(2)9-10(8-15-19-3)13(18)16-12-6-4-11(14)5-7-12/h4-9H,1-3H3,(H,16,18). The number of carbonyl (C=O) groups is 1. The van der Waals surface area contributed by atoms with Crippen LogP contribution in [0.1, 0.15) is 0 Å². The van der Waals surface area contributed by atoms with Gasteiger partial charge in [-0.05, 0) is 24.3 Å². The normalized spacial score (nSPS) is 11.5. The van der Waals surface area contributed by atoms with Crippen LogP contribution in [-0.4, -0.2) is 38.2 Å². The molecule has 1 aromatic rings. The fourth-order valence-electron chi connectivity index (χ4n) is 1.27. The second-order valence-corrected chi connectivity index (χ2v) is 4.36. The first-order valence-corrected chi connectivity index (χ1v) is 5.92. The number of nitrogens with zero attached hydrogens (tertiary/aromatic N) is 2. The van der Waals surface area contributed by atoms with Crippen molar-refractivity contribution in [1.82, 2.24) is 4.90 Å². The van der Waals surface area contributed by atoms with Crippen LogP contribution in [0.4, 0.5) is 5.69 Å². The average molecular weight is 282 g/mol. The molecule has 0 atom stereocenters. The number of halogens is 1. The van der Waals surface area contributed by atoms with Gasteiger partial charge in [-0.1, -0.05) is 16.8 Å². The topological polar surface area (TPSA) is 53.9 Å². The predicted octanol–water partition coefficient (Wildman–Crippen LogP) is 2.36. The molecular weight excluding hydrogens is 266 g/mol. The number of hydrogen-bond donors (Lipinski definition) is 1. The third-order valence-electron chi connectivity index (χ3n) is 2.06. The SMILES string of the molecule is CON=CC(=CN(C)C)C(=O)Nc1ccc(Cl)cc1. The second kappa shape index (κ2) is 7.43. The number of oxime groups is 1. The van der Waals surface area contributed by atoms with E-state index in [0.717, 1.165) is 0 Å². The van der Waals surface area contributed by atoms with Gasteiger partial charge in [0.05, 0.1) is 11.8 Å². The Morgan fingerprint density at radius 2 is 2.00 bits per heavy atom. The summed E-state index contributed by atoms with van der Waals surface area (Å²) in [4.78, 5) is 18.4. The van der Waals surface area contributed by atoms with Crippen LogP contribution in [0.2, 0.25) is 5.02 Å². The first kappa shape index (κ1) is 15.0. The Balaban J connectivity index is 2.82. The van der Waals surface area contributed by atoms with Crippen molar-refractivity contribution in [3.05, 3.63) is 41.1 Å². The van der Waals surface area contributed by atoms with Crippen molar-refractivity contribution in [1.29, 1.82) is 0 Å². The molecule has 19 heavy (non-hydrogen) atoms. The summed E-state index contributed by atoms with van der Waals surface area (Å²) in [6, 6.07) is 6.85. The van der Waals surface area contributed by atoms with Gasteiger partial charge >= 0.3 is 0 Å². The molecule has 0 aliphatic carbocycles. The molecule has 0 bridgehead atoms. The van der Waals surface area contributed by atoms with E-state index < -0.39 is 0 Å². The van der Waals surface area contributed by atoms with E-state index in [2.05, 4.69) is 15.3 Å². The van der Waals surface area contributed by atoms with Gasteiger partial charge in [-0.2, -0.15) is 0 Å². The van der Waals surface area contributed by atoms with E-state index in [1.807, 2.05) is 14.1 Å². The first-order chi connectivity index (χ1) is 9.02. The molecule has 0 aliphatic rings. The van der Waals surface area contributed by atoms with Crippen LogP contribution in [0.15, 0.2) is 41.2 Å². The van der Waals surface area contributed by atoms with Crippen molar-refractivity contribution < 1.29 is 9.63 Å². The lowest BCUT2D eigenvalue weighted by atomic mass is 10.2. The Morgan fingerprint density at radius 1 is 1.37 bits per heavy atom. The summed E-state index contributed by atoms with van der Waals surface area (Å²) in [5.41, 5.74) is 1.03. The van der Waals surface area contributed by atoms with Gasteiger partial charge in [-0.3, -0.25) is 4.79 Å². The molecule has 0 aliphatic heterocycles. The summed E-state index contributed by atoms with van der Waals surface area (Å²) < 4.78 is 0. The van der Waals surface area contributed by atoms with E-state index in [0.29, 0.717) is 16.3 Å². The minimum Gasteiger partial charge on any atom is -0.399 e. The quantitative estimate of drug-likeness (QED) is 0.512. The van der Waals surface area contributed by atoms with Gasteiger partial charge in [-0.25, -0.2) is 0 Å². The molecule has 0 spiro atoms. The van der Waals surface area contributed by atoms with Crippen molar-refractivity contribution in [2.24, 2.45) is 5.16 Å². The van der Waals surface area contributed by atoms with Gasteiger partial charge in [-0.15, -0.1) is 0 Å². The number of amides is 1. The maximum Gasteiger partial charge on any atom is 0.258 e. The summed E-state index contributed by atoms with van der Waals surface area (Å²) in [6.07, 6.45) is 3.00.